The van der Waals surface area contributed by atoms with Crippen molar-refractivity contribution in [3.63, 3.8) is 0 Å². The zero-order chi connectivity index (χ0) is 17.0. The molecule has 7 heteroatoms. The summed E-state index contributed by atoms with van der Waals surface area (Å²) in [6.07, 6.45) is 1.56. The van der Waals surface area contributed by atoms with Crippen LogP contribution in [0.25, 0.3) is 0 Å². The van der Waals surface area contributed by atoms with E-state index in [1.165, 1.54) is 11.1 Å². The third-order valence-electron chi connectivity index (χ3n) is 4.14. The van der Waals surface area contributed by atoms with Gasteiger partial charge in [-0.3, -0.25) is 4.90 Å². The molecule has 0 unspecified atom stereocenters. The van der Waals surface area contributed by atoms with Gasteiger partial charge < -0.3 is 5.32 Å². The number of benzene rings is 1. The summed E-state index contributed by atoms with van der Waals surface area (Å²) in [5.41, 5.74) is 3.32. The third kappa shape index (κ3) is 4.75. The highest BCUT2D eigenvalue weighted by Gasteiger charge is 2.21. The van der Waals surface area contributed by atoms with Crippen LogP contribution in [0.4, 0.5) is 5.82 Å². The normalized spacial score (nSPS) is 17.5. The van der Waals surface area contributed by atoms with E-state index in [9.17, 15) is 8.42 Å². The maximum absolute atomic E-state index is 11.5. The van der Waals surface area contributed by atoms with Crippen LogP contribution in [0.5, 0.6) is 0 Å². The Balaban J connectivity index is 1.52. The van der Waals surface area contributed by atoms with Crippen LogP contribution in [0.2, 0.25) is 0 Å². The van der Waals surface area contributed by atoms with Gasteiger partial charge in [0.15, 0.2) is 9.84 Å². The minimum Gasteiger partial charge on any atom is -0.366 e. The Morgan fingerprint density at radius 2 is 1.75 bits per heavy atom. The number of aryl methyl sites for hydroxylation is 1. The van der Waals surface area contributed by atoms with Crippen LogP contribution >= 0.6 is 0 Å². The number of aromatic nitrogens is 2. The van der Waals surface area contributed by atoms with Crippen molar-refractivity contribution in [1.29, 1.82) is 0 Å². The molecule has 1 aromatic heterocycles. The molecule has 0 amide bonds. The molecule has 1 aromatic carbocycles. The predicted molar refractivity (Wildman–Crippen MR) is 94.5 cm³/mol. The molecule has 128 valence electrons. The fourth-order valence-electron chi connectivity index (χ4n) is 2.67. The monoisotopic (exact) mass is 346 g/mol. The third-order valence-corrected chi connectivity index (χ3v) is 5.75. The van der Waals surface area contributed by atoms with Crippen molar-refractivity contribution in [2.75, 3.05) is 29.9 Å². The van der Waals surface area contributed by atoms with E-state index in [1.807, 2.05) is 13.0 Å². The highest BCUT2D eigenvalue weighted by atomic mass is 32.2. The van der Waals surface area contributed by atoms with Gasteiger partial charge in [0.25, 0.3) is 0 Å². The summed E-state index contributed by atoms with van der Waals surface area (Å²) in [5, 5.41) is 3.28. The summed E-state index contributed by atoms with van der Waals surface area (Å²) >= 11 is 0. The van der Waals surface area contributed by atoms with Crippen molar-refractivity contribution in [3.8, 4) is 0 Å². The van der Waals surface area contributed by atoms with Gasteiger partial charge in [0.2, 0.25) is 0 Å². The van der Waals surface area contributed by atoms with Crippen LogP contribution in [0.1, 0.15) is 16.8 Å². The number of hydrogen-bond acceptors (Lipinski definition) is 6. The topological polar surface area (TPSA) is 75.2 Å². The van der Waals surface area contributed by atoms with E-state index in [0.717, 1.165) is 18.1 Å². The van der Waals surface area contributed by atoms with Crippen molar-refractivity contribution in [1.82, 2.24) is 14.9 Å². The maximum Gasteiger partial charge on any atom is 0.152 e. The summed E-state index contributed by atoms with van der Waals surface area (Å²) in [6.45, 7) is 4.69. The molecule has 1 saturated heterocycles. The summed E-state index contributed by atoms with van der Waals surface area (Å²) in [5.74, 6) is 1.36. The van der Waals surface area contributed by atoms with Gasteiger partial charge in [0.05, 0.1) is 11.5 Å². The van der Waals surface area contributed by atoms with Crippen molar-refractivity contribution in [2.45, 2.75) is 20.0 Å². The van der Waals surface area contributed by atoms with Crippen molar-refractivity contribution in [3.05, 3.63) is 53.5 Å². The van der Waals surface area contributed by atoms with Gasteiger partial charge in [0.1, 0.15) is 12.1 Å². The van der Waals surface area contributed by atoms with Crippen LogP contribution < -0.4 is 5.32 Å². The Kier molecular flexibility index (Phi) is 5.11. The molecule has 2 heterocycles. The van der Waals surface area contributed by atoms with Gasteiger partial charge >= 0.3 is 0 Å². The summed E-state index contributed by atoms with van der Waals surface area (Å²) < 4.78 is 22.9. The second-order valence-electron chi connectivity index (χ2n) is 6.14. The molecular weight excluding hydrogens is 324 g/mol. The molecule has 0 atom stereocenters. The summed E-state index contributed by atoms with van der Waals surface area (Å²) in [4.78, 5) is 10.5. The van der Waals surface area contributed by atoms with E-state index in [-0.39, 0.29) is 11.5 Å². The lowest BCUT2D eigenvalue weighted by Gasteiger charge is -2.26. The zero-order valence-corrected chi connectivity index (χ0v) is 14.6. The second-order valence-corrected chi connectivity index (χ2v) is 8.45. The van der Waals surface area contributed by atoms with E-state index >= 15 is 0 Å². The molecule has 0 spiro atoms. The minimum absolute atomic E-state index is 0.271. The highest BCUT2D eigenvalue weighted by molar-refractivity contribution is 7.91. The Bertz CT molecular complexity index is 776. The quantitative estimate of drug-likeness (QED) is 0.887. The van der Waals surface area contributed by atoms with Crippen molar-refractivity contribution >= 4 is 15.7 Å². The lowest BCUT2D eigenvalue weighted by Crippen LogP contribution is -2.39. The minimum atomic E-state index is -2.81. The van der Waals surface area contributed by atoms with Gasteiger partial charge in [0, 0.05) is 37.9 Å². The fourth-order valence-corrected chi connectivity index (χ4v) is 3.95. The molecule has 0 bridgehead atoms. The molecule has 3 rings (SSSR count). The Hall–Kier alpha value is -1.99. The van der Waals surface area contributed by atoms with Crippen molar-refractivity contribution < 1.29 is 8.42 Å². The average Bonchev–Trinajstić information content (AvgIpc) is 2.56. The molecule has 1 N–H and O–H groups in total. The van der Waals surface area contributed by atoms with Gasteiger partial charge in [-0.15, -0.1) is 0 Å². The average molecular weight is 346 g/mol. The number of anilines is 1. The van der Waals surface area contributed by atoms with E-state index in [1.54, 1.807) is 6.33 Å². The molecule has 0 radical (unpaired) electrons. The molecule has 6 nitrogen and oxygen atoms in total. The number of sulfone groups is 1. The fraction of sp³-hybridized carbons (Fsp3) is 0.412. The SMILES string of the molecule is Cc1cc(NCc2ccc(CN3CCS(=O)(=O)CC3)cc2)ncn1. The Morgan fingerprint density at radius 1 is 1.08 bits per heavy atom. The lowest BCUT2D eigenvalue weighted by molar-refractivity contribution is 0.287. The van der Waals surface area contributed by atoms with Crippen LogP contribution in [0.15, 0.2) is 36.7 Å². The van der Waals surface area contributed by atoms with Gasteiger partial charge in [-0.1, -0.05) is 24.3 Å². The second kappa shape index (κ2) is 7.27. The molecule has 1 aliphatic rings. The number of hydrogen-bond donors (Lipinski definition) is 1. The standard InChI is InChI=1S/C17H22N4O2S/c1-14-10-17(20-13-19-14)18-11-15-2-4-16(5-3-15)12-21-6-8-24(22,23)9-7-21/h2-5,10,13H,6-9,11-12H2,1H3,(H,18,19,20). The van der Waals surface area contributed by atoms with Gasteiger partial charge in [-0.05, 0) is 18.1 Å². The van der Waals surface area contributed by atoms with E-state index in [0.29, 0.717) is 19.6 Å². The molecular formula is C17H22N4O2S. The van der Waals surface area contributed by atoms with Crippen molar-refractivity contribution in [2.24, 2.45) is 0 Å². The van der Waals surface area contributed by atoms with Crippen LogP contribution in [-0.4, -0.2) is 47.9 Å². The van der Waals surface area contributed by atoms with Crippen LogP contribution in [0.3, 0.4) is 0 Å². The first-order valence-corrected chi connectivity index (χ1v) is 9.85. The first-order valence-electron chi connectivity index (χ1n) is 8.03. The zero-order valence-electron chi connectivity index (χ0n) is 13.8. The first kappa shape index (κ1) is 16.9. The molecule has 0 aliphatic carbocycles. The number of nitrogens with zero attached hydrogens (tertiary/aromatic N) is 3. The molecule has 2 aromatic rings. The predicted octanol–water partition coefficient (Wildman–Crippen LogP) is 1.63. The van der Waals surface area contributed by atoms with Crippen LogP contribution in [0, 0.1) is 6.92 Å². The summed E-state index contributed by atoms with van der Waals surface area (Å²) in [7, 11) is -2.81. The molecule has 0 saturated carbocycles. The van der Waals surface area contributed by atoms with E-state index in [4.69, 9.17) is 0 Å². The summed E-state index contributed by atoms with van der Waals surface area (Å²) in [6, 6.07) is 10.3. The lowest BCUT2D eigenvalue weighted by atomic mass is 10.1. The molecule has 1 aliphatic heterocycles. The first-order chi connectivity index (χ1) is 11.5. The Morgan fingerprint density at radius 3 is 2.42 bits per heavy atom. The van der Waals surface area contributed by atoms with E-state index < -0.39 is 9.84 Å². The van der Waals surface area contributed by atoms with Crippen LogP contribution in [-0.2, 0) is 22.9 Å². The highest BCUT2D eigenvalue weighted by Crippen LogP contribution is 2.12. The number of rotatable bonds is 5. The number of nitrogens with one attached hydrogen (secondary N) is 1. The Labute approximate surface area is 142 Å². The largest absolute Gasteiger partial charge is 0.366 e. The van der Waals surface area contributed by atoms with Gasteiger partial charge in [-0.25, -0.2) is 18.4 Å². The maximum atomic E-state index is 11.5. The molecule has 1 fully saturated rings. The molecule has 24 heavy (non-hydrogen) atoms. The van der Waals surface area contributed by atoms with E-state index in [2.05, 4.69) is 44.5 Å². The van der Waals surface area contributed by atoms with Gasteiger partial charge in [-0.2, -0.15) is 0 Å². The smallest absolute Gasteiger partial charge is 0.152 e.